The molecular formula is C18H20IN. The monoisotopic (exact) mass is 377 g/mol. The van der Waals surface area contributed by atoms with E-state index in [1.807, 2.05) is 0 Å². The summed E-state index contributed by atoms with van der Waals surface area (Å²) in [6.07, 6.45) is 6.51. The van der Waals surface area contributed by atoms with Crippen LogP contribution in [0.15, 0.2) is 36.4 Å². The van der Waals surface area contributed by atoms with E-state index in [-0.39, 0.29) is 0 Å². The molecule has 2 aromatic carbocycles. The largest absolute Gasteiger partial charge is 0.355 e. The molecule has 0 spiro atoms. The number of halogens is 1. The first-order valence-electron chi connectivity index (χ1n) is 7.48. The van der Waals surface area contributed by atoms with E-state index >= 15 is 0 Å². The Kier molecular flexibility index (Phi) is 4.29. The van der Waals surface area contributed by atoms with Crippen molar-refractivity contribution in [3.8, 4) is 0 Å². The Balaban J connectivity index is 1.89. The van der Waals surface area contributed by atoms with Gasteiger partial charge in [0.2, 0.25) is 0 Å². The molecule has 0 radical (unpaired) electrons. The average molecular weight is 377 g/mol. The molecule has 0 bridgehead atoms. The molecule has 0 aliphatic rings. The normalized spacial score (nSPS) is 11.5. The van der Waals surface area contributed by atoms with Crippen molar-refractivity contribution in [1.29, 1.82) is 0 Å². The summed E-state index contributed by atoms with van der Waals surface area (Å²) in [7, 11) is 0. The Morgan fingerprint density at radius 2 is 1.80 bits per heavy atom. The van der Waals surface area contributed by atoms with Crippen LogP contribution in [0.25, 0.3) is 21.8 Å². The lowest BCUT2D eigenvalue weighted by atomic mass is 10.0. The number of aromatic amines is 1. The van der Waals surface area contributed by atoms with Gasteiger partial charge in [-0.05, 0) is 65.3 Å². The van der Waals surface area contributed by atoms with Crippen LogP contribution < -0.4 is 0 Å². The molecule has 1 N–H and O–H groups in total. The summed E-state index contributed by atoms with van der Waals surface area (Å²) in [5, 5.41) is 2.68. The standard InChI is InChI=1S/C18H20IN/c1-2-3-4-5-6-13-7-9-15-16-12-14(19)8-10-17(16)20-18(15)11-13/h7-12,20H,2-6H2,1H3. The summed E-state index contributed by atoms with van der Waals surface area (Å²) < 4.78 is 1.29. The second-order valence-electron chi connectivity index (χ2n) is 5.51. The van der Waals surface area contributed by atoms with Gasteiger partial charge in [-0.1, -0.05) is 38.3 Å². The minimum absolute atomic E-state index is 1.20. The van der Waals surface area contributed by atoms with Gasteiger partial charge in [0.05, 0.1) is 0 Å². The Labute approximate surface area is 133 Å². The van der Waals surface area contributed by atoms with Gasteiger partial charge in [0.25, 0.3) is 0 Å². The number of aromatic nitrogens is 1. The average Bonchev–Trinajstić information content (AvgIpc) is 2.81. The zero-order valence-corrected chi connectivity index (χ0v) is 14.0. The predicted octanol–water partition coefficient (Wildman–Crippen LogP) is 6.05. The van der Waals surface area contributed by atoms with E-state index in [1.54, 1.807) is 0 Å². The van der Waals surface area contributed by atoms with Crippen molar-refractivity contribution in [3.05, 3.63) is 45.5 Å². The molecule has 0 fully saturated rings. The van der Waals surface area contributed by atoms with E-state index in [4.69, 9.17) is 0 Å². The van der Waals surface area contributed by atoms with Crippen LogP contribution in [0.2, 0.25) is 0 Å². The van der Waals surface area contributed by atoms with Crippen LogP contribution in [0, 0.1) is 3.57 Å². The molecule has 20 heavy (non-hydrogen) atoms. The van der Waals surface area contributed by atoms with Crippen molar-refractivity contribution < 1.29 is 0 Å². The number of H-pyrrole nitrogens is 1. The summed E-state index contributed by atoms with van der Waals surface area (Å²) in [5.41, 5.74) is 3.97. The number of hydrogen-bond donors (Lipinski definition) is 1. The van der Waals surface area contributed by atoms with Gasteiger partial charge in [-0.25, -0.2) is 0 Å². The van der Waals surface area contributed by atoms with Gasteiger partial charge in [0.1, 0.15) is 0 Å². The summed E-state index contributed by atoms with van der Waals surface area (Å²) in [5.74, 6) is 0. The van der Waals surface area contributed by atoms with Gasteiger partial charge in [0, 0.05) is 25.4 Å². The molecule has 3 aromatic rings. The van der Waals surface area contributed by atoms with Crippen molar-refractivity contribution in [2.24, 2.45) is 0 Å². The summed E-state index contributed by atoms with van der Waals surface area (Å²) >= 11 is 2.38. The number of aryl methyl sites for hydroxylation is 1. The Morgan fingerprint density at radius 1 is 0.900 bits per heavy atom. The molecule has 0 unspecified atom stereocenters. The highest BCUT2D eigenvalue weighted by atomic mass is 127. The van der Waals surface area contributed by atoms with Crippen molar-refractivity contribution in [1.82, 2.24) is 4.98 Å². The zero-order valence-electron chi connectivity index (χ0n) is 11.9. The maximum Gasteiger partial charge on any atom is 0.0467 e. The number of hydrogen-bond acceptors (Lipinski definition) is 0. The summed E-state index contributed by atoms with van der Waals surface area (Å²) in [6, 6.07) is 13.5. The zero-order chi connectivity index (χ0) is 13.9. The maximum atomic E-state index is 3.54. The van der Waals surface area contributed by atoms with E-state index in [0.717, 1.165) is 0 Å². The molecule has 0 saturated carbocycles. The number of unbranched alkanes of at least 4 members (excludes halogenated alkanes) is 3. The molecule has 0 atom stereocenters. The van der Waals surface area contributed by atoms with Crippen molar-refractivity contribution in [2.75, 3.05) is 0 Å². The summed E-state index contributed by atoms with van der Waals surface area (Å²) in [4.78, 5) is 3.54. The Morgan fingerprint density at radius 3 is 2.65 bits per heavy atom. The fraction of sp³-hybridized carbons (Fsp3) is 0.333. The third-order valence-corrected chi connectivity index (χ3v) is 4.62. The number of nitrogens with one attached hydrogen (secondary N) is 1. The SMILES string of the molecule is CCCCCCc1ccc2c(c1)[nH]c1ccc(I)cc12. The smallest absolute Gasteiger partial charge is 0.0467 e. The molecular weight excluding hydrogens is 357 g/mol. The van der Waals surface area contributed by atoms with Crippen LogP contribution in [0.1, 0.15) is 38.2 Å². The highest BCUT2D eigenvalue weighted by molar-refractivity contribution is 14.1. The van der Waals surface area contributed by atoms with E-state index < -0.39 is 0 Å². The van der Waals surface area contributed by atoms with Crippen LogP contribution in [0.3, 0.4) is 0 Å². The fourth-order valence-electron chi connectivity index (χ4n) is 2.83. The van der Waals surface area contributed by atoms with Gasteiger partial charge in [-0.15, -0.1) is 0 Å². The Bertz CT molecular complexity index is 727. The lowest BCUT2D eigenvalue weighted by Gasteiger charge is -2.01. The van der Waals surface area contributed by atoms with Gasteiger partial charge in [-0.3, -0.25) is 0 Å². The van der Waals surface area contributed by atoms with Crippen LogP contribution in [0.5, 0.6) is 0 Å². The van der Waals surface area contributed by atoms with Crippen LogP contribution in [-0.2, 0) is 6.42 Å². The fourth-order valence-corrected chi connectivity index (χ4v) is 3.33. The topological polar surface area (TPSA) is 15.8 Å². The molecule has 1 nitrogen and oxygen atoms in total. The molecule has 0 aliphatic heterocycles. The van der Waals surface area contributed by atoms with Crippen LogP contribution >= 0.6 is 22.6 Å². The summed E-state index contributed by atoms with van der Waals surface area (Å²) in [6.45, 7) is 2.26. The lowest BCUT2D eigenvalue weighted by molar-refractivity contribution is 0.667. The van der Waals surface area contributed by atoms with Gasteiger partial charge in [-0.2, -0.15) is 0 Å². The van der Waals surface area contributed by atoms with Crippen molar-refractivity contribution in [2.45, 2.75) is 39.0 Å². The molecule has 3 rings (SSSR count). The lowest BCUT2D eigenvalue weighted by Crippen LogP contribution is -1.85. The van der Waals surface area contributed by atoms with E-state index in [9.17, 15) is 0 Å². The van der Waals surface area contributed by atoms with E-state index in [2.05, 4.69) is 70.9 Å². The predicted molar refractivity (Wildman–Crippen MR) is 96.4 cm³/mol. The van der Waals surface area contributed by atoms with E-state index in [1.165, 1.54) is 63.0 Å². The Hall–Kier alpha value is -1.03. The first-order chi connectivity index (χ1) is 9.78. The quantitative estimate of drug-likeness (QED) is 0.412. The third kappa shape index (κ3) is 2.85. The molecule has 1 aromatic heterocycles. The molecule has 0 amide bonds. The minimum atomic E-state index is 1.20. The van der Waals surface area contributed by atoms with Crippen LogP contribution in [0.4, 0.5) is 0 Å². The van der Waals surface area contributed by atoms with Crippen molar-refractivity contribution >= 4 is 44.4 Å². The number of rotatable bonds is 5. The second kappa shape index (κ2) is 6.17. The van der Waals surface area contributed by atoms with Crippen molar-refractivity contribution in [3.63, 3.8) is 0 Å². The third-order valence-electron chi connectivity index (χ3n) is 3.94. The van der Waals surface area contributed by atoms with Crippen LogP contribution in [-0.4, -0.2) is 4.98 Å². The van der Waals surface area contributed by atoms with Gasteiger partial charge < -0.3 is 4.98 Å². The first kappa shape index (κ1) is 13.9. The highest BCUT2D eigenvalue weighted by Gasteiger charge is 2.05. The first-order valence-corrected chi connectivity index (χ1v) is 8.55. The maximum absolute atomic E-state index is 3.54. The molecule has 2 heteroatoms. The van der Waals surface area contributed by atoms with Gasteiger partial charge >= 0.3 is 0 Å². The van der Waals surface area contributed by atoms with Gasteiger partial charge in [0.15, 0.2) is 0 Å². The second-order valence-corrected chi connectivity index (χ2v) is 6.75. The van der Waals surface area contributed by atoms with E-state index in [0.29, 0.717) is 0 Å². The molecule has 0 aliphatic carbocycles. The highest BCUT2D eigenvalue weighted by Crippen LogP contribution is 2.27. The number of fused-ring (bicyclic) bond motifs is 3. The molecule has 0 saturated heterocycles. The number of benzene rings is 2. The molecule has 104 valence electrons. The minimum Gasteiger partial charge on any atom is -0.355 e. The molecule has 1 heterocycles.